The Hall–Kier alpha value is -3.43. The molecular formula is C31H43N5O5. The number of rotatable bonds is 11. The molecule has 3 aliphatic carbocycles. The van der Waals surface area contributed by atoms with Crippen LogP contribution in [-0.2, 0) is 32.0 Å². The molecule has 10 nitrogen and oxygen atoms in total. The highest BCUT2D eigenvalue weighted by Crippen LogP contribution is 2.65. The summed E-state index contributed by atoms with van der Waals surface area (Å²) in [7, 11) is 0. The van der Waals surface area contributed by atoms with Gasteiger partial charge in [0, 0.05) is 12.6 Å². The molecule has 0 aromatic heterocycles. The molecular weight excluding hydrogens is 522 g/mol. The first-order valence-corrected chi connectivity index (χ1v) is 15.0. The lowest BCUT2D eigenvalue weighted by molar-refractivity contribution is -0.144. The maximum atomic E-state index is 14.3. The third-order valence-electron chi connectivity index (χ3n) is 10.00. The van der Waals surface area contributed by atoms with Gasteiger partial charge in [0.1, 0.15) is 12.1 Å². The van der Waals surface area contributed by atoms with E-state index < -0.39 is 41.8 Å². The van der Waals surface area contributed by atoms with Crippen molar-refractivity contribution in [3.05, 3.63) is 35.4 Å². The second kappa shape index (κ2) is 11.1. The predicted molar refractivity (Wildman–Crippen MR) is 152 cm³/mol. The van der Waals surface area contributed by atoms with E-state index in [0.717, 1.165) is 30.4 Å². The molecule has 41 heavy (non-hydrogen) atoms. The fraction of sp³-hybridized carbons (Fsp3) is 0.645. The van der Waals surface area contributed by atoms with Crippen molar-refractivity contribution < 1.29 is 24.0 Å². The number of likely N-dealkylation sites (tertiary alicyclic amines) is 1. The fourth-order valence-electron chi connectivity index (χ4n) is 7.06. The van der Waals surface area contributed by atoms with E-state index >= 15 is 0 Å². The molecule has 0 spiro atoms. The van der Waals surface area contributed by atoms with Crippen LogP contribution in [0.2, 0.25) is 0 Å². The molecule has 6 unspecified atom stereocenters. The van der Waals surface area contributed by atoms with Crippen molar-refractivity contribution in [3.8, 4) is 0 Å². The van der Waals surface area contributed by atoms with Gasteiger partial charge in [-0.3, -0.25) is 19.2 Å². The number of amides is 5. The standard InChI is InChI=1S/C31H43N5O5/c1-5-16(2)33-30(41)35-24(20-13-18-8-6-7-9-19(18)14-20)29(40)36-15-21-23(31(21,3)4)25(36)28(39)34-22(12-17-10-11-17)26(37)27(32)38/h6-9,16-17,20-25H,5,10-15H2,1-4H3,(H2,32,38)(H,34,39)(H2,33,35,41). The molecule has 5 amide bonds. The van der Waals surface area contributed by atoms with Crippen LogP contribution in [0, 0.1) is 29.1 Å². The minimum absolute atomic E-state index is 0.0588. The molecule has 1 aromatic rings. The van der Waals surface area contributed by atoms with Crippen LogP contribution in [0.15, 0.2) is 24.3 Å². The molecule has 222 valence electrons. The number of urea groups is 1. The van der Waals surface area contributed by atoms with Crippen LogP contribution in [-0.4, -0.2) is 65.1 Å². The maximum Gasteiger partial charge on any atom is 0.315 e. The third kappa shape index (κ3) is 5.83. The van der Waals surface area contributed by atoms with Crippen molar-refractivity contribution in [1.29, 1.82) is 0 Å². The highest BCUT2D eigenvalue weighted by molar-refractivity contribution is 6.37. The Balaban J connectivity index is 1.39. The van der Waals surface area contributed by atoms with Crippen molar-refractivity contribution in [2.24, 2.45) is 34.8 Å². The van der Waals surface area contributed by atoms with Crippen molar-refractivity contribution >= 4 is 29.5 Å². The summed E-state index contributed by atoms with van der Waals surface area (Å²) in [5.74, 6) is -2.43. The van der Waals surface area contributed by atoms with Gasteiger partial charge in [-0.05, 0) is 72.8 Å². The van der Waals surface area contributed by atoms with Gasteiger partial charge in [-0.1, -0.05) is 57.9 Å². The Morgan fingerprint density at radius 3 is 2.22 bits per heavy atom. The van der Waals surface area contributed by atoms with E-state index in [1.807, 2.05) is 26.0 Å². The van der Waals surface area contributed by atoms with E-state index in [-0.39, 0.29) is 41.0 Å². The minimum atomic E-state index is -1.07. The molecule has 1 aliphatic heterocycles. The van der Waals surface area contributed by atoms with Crippen LogP contribution >= 0.6 is 0 Å². The second-order valence-corrected chi connectivity index (χ2v) is 13.2. The maximum absolute atomic E-state index is 14.3. The topological polar surface area (TPSA) is 151 Å². The first kappa shape index (κ1) is 29.1. The number of benzene rings is 1. The summed E-state index contributed by atoms with van der Waals surface area (Å²) < 4.78 is 0. The van der Waals surface area contributed by atoms with Crippen LogP contribution < -0.4 is 21.7 Å². The van der Waals surface area contributed by atoms with Crippen LogP contribution in [0.25, 0.3) is 0 Å². The molecule has 10 heteroatoms. The van der Waals surface area contributed by atoms with Crippen molar-refractivity contribution in [1.82, 2.24) is 20.9 Å². The highest BCUT2D eigenvalue weighted by Gasteiger charge is 2.69. The molecule has 0 radical (unpaired) electrons. The quantitative estimate of drug-likeness (QED) is 0.301. The summed E-state index contributed by atoms with van der Waals surface area (Å²) in [4.78, 5) is 67.1. The normalized spacial score (nSPS) is 26.2. The lowest BCUT2D eigenvalue weighted by atomic mass is 9.93. The molecule has 3 fully saturated rings. The lowest BCUT2D eigenvalue weighted by Crippen LogP contribution is -2.60. The Labute approximate surface area is 241 Å². The van der Waals surface area contributed by atoms with Crippen LogP contribution in [0.4, 0.5) is 4.79 Å². The zero-order valence-corrected chi connectivity index (χ0v) is 24.4. The van der Waals surface area contributed by atoms with Gasteiger partial charge in [0.2, 0.25) is 17.6 Å². The third-order valence-corrected chi connectivity index (χ3v) is 10.00. The van der Waals surface area contributed by atoms with Gasteiger partial charge in [-0.2, -0.15) is 0 Å². The predicted octanol–water partition coefficient (Wildman–Crippen LogP) is 1.69. The number of nitrogens with one attached hydrogen (secondary N) is 3. The van der Waals surface area contributed by atoms with Crippen molar-refractivity contribution in [3.63, 3.8) is 0 Å². The Morgan fingerprint density at radius 2 is 1.66 bits per heavy atom. The second-order valence-electron chi connectivity index (χ2n) is 13.2. The number of Topliss-reactive ketones (excluding diaryl/α,β-unsaturated/α-hetero) is 1. The van der Waals surface area contributed by atoms with E-state index in [4.69, 9.17) is 5.73 Å². The number of hydrogen-bond acceptors (Lipinski definition) is 5. The van der Waals surface area contributed by atoms with Gasteiger partial charge in [0.25, 0.3) is 5.91 Å². The smallest absolute Gasteiger partial charge is 0.315 e. The molecule has 1 saturated heterocycles. The van der Waals surface area contributed by atoms with E-state index in [2.05, 4.69) is 41.9 Å². The minimum Gasteiger partial charge on any atom is -0.363 e. The summed E-state index contributed by atoms with van der Waals surface area (Å²) in [5.41, 5.74) is 7.48. The van der Waals surface area contributed by atoms with Gasteiger partial charge in [0.05, 0.1) is 6.04 Å². The summed E-state index contributed by atoms with van der Waals surface area (Å²) in [6.45, 7) is 8.45. The zero-order chi connectivity index (χ0) is 29.6. The molecule has 1 aromatic carbocycles. The van der Waals surface area contributed by atoms with Crippen molar-refractivity contribution in [2.45, 2.75) is 90.4 Å². The lowest BCUT2D eigenvalue weighted by Gasteiger charge is -2.35. The average Bonchev–Trinajstić information content (AvgIpc) is 3.68. The number of hydrogen-bond donors (Lipinski definition) is 4. The van der Waals surface area contributed by atoms with Gasteiger partial charge in [-0.25, -0.2) is 4.79 Å². The van der Waals surface area contributed by atoms with Gasteiger partial charge in [0.15, 0.2) is 0 Å². The number of fused-ring (bicyclic) bond motifs is 2. The summed E-state index contributed by atoms with van der Waals surface area (Å²) in [6, 6.07) is 4.97. The molecule has 5 N–H and O–H groups in total. The van der Waals surface area contributed by atoms with Gasteiger partial charge in [-0.15, -0.1) is 0 Å². The van der Waals surface area contributed by atoms with E-state index in [9.17, 15) is 24.0 Å². The van der Waals surface area contributed by atoms with E-state index in [0.29, 0.717) is 25.8 Å². The monoisotopic (exact) mass is 565 g/mol. The Bertz CT molecular complexity index is 1220. The molecule has 1 heterocycles. The highest BCUT2D eigenvalue weighted by atomic mass is 16.2. The van der Waals surface area contributed by atoms with E-state index in [1.54, 1.807) is 4.90 Å². The number of carbonyl (C=O) groups is 5. The average molecular weight is 566 g/mol. The molecule has 5 rings (SSSR count). The van der Waals surface area contributed by atoms with Gasteiger partial charge >= 0.3 is 6.03 Å². The number of nitrogens with zero attached hydrogens (tertiary/aromatic N) is 1. The number of primary amides is 1. The number of carbonyl (C=O) groups excluding carboxylic acids is 5. The van der Waals surface area contributed by atoms with E-state index in [1.165, 1.54) is 0 Å². The van der Waals surface area contributed by atoms with Gasteiger partial charge < -0.3 is 26.6 Å². The molecule has 6 atom stereocenters. The molecule has 4 aliphatic rings. The van der Waals surface area contributed by atoms with Crippen LogP contribution in [0.1, 0.15) is 64.5 Å². The summed E-state index contributed by atoms with van der Waals surface area (Å²) in [6.07, 6.45) is 4.30. The first-order valence-electron chi connectivity index (χ1n) is 15.0. The molecule has 0 bridgehead atoms. The number of ketones is 1. The summed E-state index contributed by atoms with van der Waals surface area (Å²) >= 11 is 0. The van der Waals surface area contributed by atoms with Crippen LogP contribution in [0.3, 0.4) is 0 Å². The van der Waals surface area contributed by atoms with Crippen LogP contribution in [0.5, 0.6) is 0 Å². The summed E-state index contributed by atoms with van der Waals surface area (Å²) in [5, 5.41) is 8.68. The molecule has 2 saturated carbocycles. The fourth-order valence-corrected chi connectivity index (χ4v) is 7.06. The Kier molecular flexibility index (Phi) is 7.87. The number of piperidine rings is 1. The largest absolute Gasteiger partial charge is 0.363 e. The Morgan fingerprint density at radius 1 is 1.02 bits per heavy atom. The zero-order valence-electron chi connectivity index (χ0n) is 24.4. The van der Waals surface area contributed by atoms with Crippen molar-refractivity contribution in [2.75, 3.05) is 6.54 Å². The first-order chi connectivity index (χ1) is 19.4. The SMILES string of the molecule is CCC(C)NC(=O)NC(C(=O)N1CC2C(C1C(=O)NC(CC1CC1)C(=O)C(N)=O)C2(C)C)C1Cc2ccccc2C1. The number of nitrogens with two attached hydrogens (primary N) is 1.